The first-order valence-corrected chi connectivity index (χ1v) is 7.07. The van der Waals surface area contributed by atoms with E-state index in [0.29, 0.717) is 12.1 Å². The Balaban J connectivity index is 1.67. The third kappa shape index (κ3) is 4.07. The highest BCUT2D eigenvalue weighted by Crippen LogP contribution is 2.13. The van der Waals surface area contributed by atoms with Gasteiger partial charge in [0, 0.05) is 24.8 Å². The molecule has 1 N–H and O–H groups in total. The topological polar surface area (TPSA) is 46.0 Å². The predicted molar refractivity (Wildman–Crippen MR) is 72.4 cm³/mol. The van der Waals surface area contributed by atoms with Crippen LogP contribution in [0.25, 0.3) is 0 Å². The van der Waals surface area contributed by atoms with Crippen LogP contribution in [-0.2, 0) is 6.54 Å². The van der Waals surface area contributed by atoms with Crippen LogP contribution in [0.4, 0.5) is 0 Å². The summed E-state index contributed by atoms with van der Waals surface area (Å²) < 4.78 is 1.88. The van der Waals surface area contributed by atoms with E-state index >= 15 is 0 Å². The van der Waals surface area contributed by atoms with Crippen LogP contribution < -0.4 is 5.32 Å². The maximum Gasteiger partial charge on any atom is 0.0692 e. The Bertz CT molecular complexity index is 322. The van der Waals surface area contributed by atoms with Crippen LogP contribution in [0.2, 0.25) is 0 Å². The summed E-state index contributed by atoms with van der Waals surface area (Å²) in [6, 6.07) is 1.34. The van der Waals surface area contributed by atoms with Crippen LogP contribution in [0, 0.1) is 0 Å². The standard InChI is InChI=1S/C13H25N5/c1-12(2)17-8-3-4-13(5-9-17)14-6-10-18-11-7-15-16-18/h7,11-14H,3-6,8-10H2,1-2H3. The molecule has 5 heteroatoms. The van der Waals surface area contributed by atoms with E-state index in [-0.39, 0.29) is 0 Å². The van der Waals surface area contributed by atoms with E-state index in [0.717, 1.165) is 13.1 Å². The van der Waals surface area contributed by atoms with Crippen molar-refractivity contribution in [1.82, 2.24) is 25.2 Å². The van der Waals surface area contributed by atoms with Crippen molar-refractivity contribution in [1.29, 1.82) is 0 Å². The van der Waals surface area contributed by atoms with E-state index in [2.05, 4.69) is 34.4 Å². The predicted octanol–water partition coefficient (Wildman–Crippen LogP) is 1.13. The van der Waals surface area contributed by atoms with Crippen LogP contribution in [0.3, 0.4) is 0 Å². The second kappa shape index (κ2) is 6.85. The van der Waals surface area contributed by atoms with E-state index in [4.69, 9.17) is 0 Å². The van der Waals surface area contributed by atoms with Gasteiger partial charge in [0.2, 0.25) is 0 Å². The molecule has 0 aromatic carbocycles. The lowest BCUT2D eigenvalue weighted by Crippen LogP contribution is -2.35. The van der Waals surface area contributed by atoms with Crippen LogP contribution in [0.5, 0.6) is 0 Å². The minimum Gasteiger partial charge on any atom is -0.312 e. The smallest absolute Gasteiger partial charge is 0.0692 e. The van der Waals surface area contributed by atoms with Crippen molar-refractivity contribution >= 4 is 0 Å². The molecule has 1 aliphatic heterocycles. The highest BCUT2D eigenvalue weighted by molar-refractivity contribution is 4.76. The molecule has 0 spiro atoms. The molecule has 2 rings (SSSR count). The summed E-state index contributed by atoms with van der Waals surface area (Å²) in [5, 5.41) is 11.4. The molecular formula is C13H25N5. The van der Waals surface area contributed by atoms with Crippen molar-refractivity contribution in [3.63, 3.8) is 0 Å². The third-order valence-electron chi connectivity index (χ3n) is 3.74. The van der Waals surface area contributed by atoms with Crippen LogP contribution in [0.15, 0.2) is 12.4 Å². The molecule has 18 heavy (non-hydrogen) atoms. The molecule has 1 unspecified atom stereocenters. The Morgan fingerprint density at radius 1 is 1.33 bits per heavy atom. The summed E-state index contributed by atoms with van der Waals surface area (Å²) >= 11 is 0. The molecule has 1 saturated heterocycles. The van der Waals surface area contributed by atoms with Gasteiger partial charge in [-0.25, -0.2) is 0 Å². The molecule has 2 heterocycles. The Kier molecular flexibility index (Phi) is 5.13. The molecule has 0 bridgehead atoms. The van der Waals surface area contributed by atoms with Gasteiger partial charge in [0.1, 0.15) is 0 Å². The maximum absolute atomic E-state index is 3.97. The second-order valence-corrected chi connectivity index (χ2v) is 5.38. The number of rotatable bonds is 5. The van der Waals surface area contributed by atoms with E-state index in [1.54, 1.807) is 6.20 Å². The van der Waals surface area contributed by atoms with Gasteiger partial charge in [0.15, 0.2) is 0 Å². The third-order valence-corrected chi connectivity index (χ3v) is 3.74. The first-order chi connectivity index (χ1) is 8.75. The van der Waals surface area contributed by atoms with Gasteiger partial charge in [-0.3, -0.25) is 4.68 Å². The number of hydrogen-bond acceptors (Lipinski definition) is 4. The van der Waals surface area contributed by atoms with Gasteiger partial charge >= 0.3 is 0 Å². The number of nitrogens with zero attached hydrogens (tertiary/aromatic N) is 4. The zero-order valence-corrected chi connectivity index (χ0v) is 11.5. The summed E-state index contributed by atoms with van der Waals surface area (Å²) in [7, 11) is 0. The number of aromatic nitrogens is 3. The minimum atomic E-state index is 0.664. The lowest BCUT2D eigenvalue weighted by molar-refractivity contribution is 0.229. The Morgan fingerprint density at radius 3 is 2.94 bits per heavy atom. The maximum atomic E-state index is 3.97. The molecule has 102 valence electrons. The van der Waals surface area contributed by atoms with Crippen molar-refractivity contribution in [3.8, 4) is 0 Å². The summed E-state index contributed by atoms with van der Waals surface area (Å²) in [4.78, 5) is 2.58. The van der Waals surface area contributed by atoms with Crippen LogP contribution in [-0.4, -0.2) is 51.6 Å². The van der Waals surface area contributed by atoms with Crippen molar-refractivity contribution in [3.05, 3.63) is 12.4 Å². The number of hydrogen-bond donors (Lipinski definition) is 1. The largest absolute Gasteiger partial charge is 0.312 e. The quantitative estimate of drug-likeness (QED) is 0.852. The monoisotopic (exact) mass is 251 g/mol. The van der Waals surface area contributed by atoms with E-state index < -0.39 is 0 Å². The normalized spacial score (nSPS) is 22.3. The molecule has 1 aromatic heterocycles. The van der Waals surface area contributed by atoms with Gasteiger partial charge in [-0.15, -0.1) is 5.10 Å². The van der Waals surface area contributed by atoms with Crippen LogP contribution >= 0.6 is 0 Å². The molecule has 1 aromatic rings. The average Bonchev–Trinajstić information content (AvgIpc) is 2.73. The highest BCUT2D eigenvalue weighted by atomic mass is 15.4. The van der Waals surface area contributed by atoms with Gasteiger partial charge < -0.3 is 10.2 Å². The van der Waals surface area contributed by atoms with Crippen molar-refractivity contribution in [2.75, 3.05) is 19.6 Å². The van der Waals surface area contributed by atoms with Crippen molar-refractivity contribution in [2.45, 2.75) is 51.7 Å². The first-order valence-electron chi connectivity index (χ1n) is 7.07. The number of nitrogens with one attached hydrogen (secondary N) is 1. The minimum absolute atomic E-state index is 0.664. The Morgan fingerprint density at radius 2 is 2.22 bits per heavy atom. The molecule has 0 radical (unpaired) electrons. The lowest BCUT2D eigenvalue weighted by atomic mass is 10.1. The zero-order valence-electron chi connectivity index (χ0n) is 11.5. The van der Waals surface area contributed by atoms with E-state index in [1.807, 2.05) is 10.9 Å². The molecular weight excluding hydrogens is 226 g/mol. The fourth-order valence-corrected chi connectivity index (χ4v) is 2.57. The van der Waals surface area contributed by atoms with Gasteiger partial charge in [-0.05, 0) is 46.2 Å². The molecule has 1 atom stereocenters. The molecule has 1 aliphatic rings. The molecule has 0 aliphatic carbocycles. The second-order valence-electron chi connectivity index (χ2n) is 5.38. The summed E-state index contributed by atoms with van der Waals surface area (Å²) in [6.45, 7) is 8.94. The Hall–Kier alpha value is -0.940. The van der Waals surface area contributed by atoms with E-state index in [9.17, 15) is 0 Å². The molecule has 1 fully saturated rings. The number of likely N-dealkylation sites (tertiary alicyclic amines) is 1. The average molecular weight is 251 g/mol. The molecule has 5 nitrogen and oxygen atoms in total. The summed E-state index contributed by atoms with van der Waals surface area (Å²) in [5.41, 5.74) is 0. The highest BCUT2D eigenvalue weighted by Gasteiger charge is 2.17. The van der Waals surface area contributed by atoms with Gasteiger partial charge in [0.05, 0.1) is 12.7 Å². The van der Waals surface area contributed by atoms with Gasteiger partial charge in [-0.1, -0.05) is 5.21 Å². The Labute approximate surface area is 110 Å². The van der Waals surface area contributed by atoms with Gasteiger partial charge in [0.25, 0.3) is 0 Å². The molecule has 0 amide bonds. The lowest BCUT2D eigenvalue weighted by Gasteiger charge is -2.24. The fraction of sp³-hybridized carbons (Fsp3) is 0.846. The van der Waals surface area contributed by atoms with E-state index in [1.165, 1.54) is 32.4 Å². The molecule has 0 saturated carbocycles. The fourth-order valence-electron chi connectivity index (χ4n) is 2.57. The first kappa shape index (κ1) is 13.5. The van der Waals surface area contributed by atoms with Crippen molar-refractivity contribution in [2.24, 2.45) is 0 Å². The van der Waals surface area contributed by atoms with Crippen molar-refractivity contribution < 1.29 is 0 Å². The van der Waals surface area contributed by atoms with Crippen LogP contribution in [0.1, 0.15) is 33.1 Å². The summed E-state index contributed by atoms with van der Waals surface area (Å²) in [5.74, 6) is 0. The summed E-state index contributed by atoms with van der Waals surface area (Å²) in [6.07, 6.45) is 7.50. The SMILES string of the molecule is CC(C)N1CCCC(NCCn2ccnn2)CC1. The van der Waals surface area contributed by atoms with Gasteiger partial charge in [-0.2, -0.15) is 0 Å². The zero-order chi connectivity index (χ0) is 12.8.